The molecule has 0 aromatic carbocycles. The summed E-state index contributed by atoms with van der Waals surface area (Å²) in [4.78, 5) is 21.3. The first kappa shape index (κ1) is 7.72. The van der Waals surface area contributed by atoms with Crippen LogP contribution in [0.25, 0.3) is 0 Å². The predicted octanol–water partition coefficient (Wildman–Crippen LogP) is 0.772. The summed E-state index contributed by atoms with van der Waals surface area (Å²) in [5, 5.41) is 8.47. The third-order valence-electron chi connectivity index (χ3n) is 1.56. The summed E-state index contributed by atoms with van der Waals surface area (Å²) in [5.41, 5.74) is 0.0631. The fraction of sp³-hybridized carbons (Fsp3) is 0.250. The van der Waals surface area contributed by atoms with E-state index in [2.05, 4.69) is 0 Å². The van der Waals surface area contributed by atoms with Crippen molar-refractivity contribution in [2.45, 2.75) is 6.92 Å². The Morgan fingerprint density at radius 1 is 1.64 bits per heavy atom. The van der Waals surface area contributed by atoms with Gasteiger partial charge in [0.05, 0.1) is 5.57 Å². The minimum Gasteiger partial charge on any atom is -0.478 e. The maximum absolute atomic E-state index is 10.9. The second-order valence-electron chi connectivity index (χ2n) is 2.45. The zero-order valence-corrected chi connectivity index (χ0v) is 6.07. The van der Waals surface area contributed by atoms with Gasteiger partial charge in [0.2, 0.25) is 0 Å². The van der Waals surface area contributed by atoms with Crippen LogP contribution in [-0.4, -0.2) is 16.9 Å². The number of rotatable bonds is 1. The summed E-state index contributed by atoms with van der Waals surface area (Å²) in [5.74, 6) is -1.38. The van der Waals surface area contributed by atoms with Gasteiger partial charge in [-0.25, -0.2) is 4.79 Å². The van der Waals surface area contributed by atoms with Gasteiger partial charge in [-0.2, -0.15) is 0 Å². The van der Waals surface area contributed by atoms with Gasteiger partial charge in [0, 0.05) is 5.92 Å². The average molecular weight is 152 g/mol. The van der Waals surface area contributed by atoms with Crippen LogP contribution in [0.1, 0.15) is 6.92 Å². The highest BCUT2D eigenvalue weighted by Crippen LogP contribution is 2.11. The smallest absolute Gasteiger partial charge is 0.335 e. The van der Waals surface area contributed by atoms with E-state index in [-0.39, 0.29) is 17.3 Å². The predicted molar refractivity (Wildman–Crippen MR) is 39.0 cm³/mol. The van der Waals surface area contributed by atoms with Crippen LogP contribution in [0.2, 0.25) is 0 Å². The van der Waals surface area contributed by atoms with Crippen molar-refractivity contribution in [3.63, 3.8) is 0 Å². The molecule has 1 atom stereocenters. The normalized spacial score (nSPS) is 23.2. The highest BCUT2D eigenvalue weighted by Gasteiger charge is 2.15. The van der Waals surface area contributed by atoms with Gasteiger partial charge in [0.25, 0.3) is 0 Å². The van der Waals surface area contributed by atoms with Crippen molar-refractivity contribution in [3.8, 4) is 0 Å². The number of ketones is 1. The number of hydrogen-bond acceptors (Lipinski definition) is 2. The number of carboxylic acids is 1. The van der Waals surface area contributed by atoms with E-state index in [1.54, 1.807) is 13.0 Å². The molecule has 3 nitrogen and oxygen atoms in total. The molecule has 0 saturated heterocycles. The number of carbonyl (C=O) groups excluding carboxylic acids is 1. The summed E-state index contributed by atoms with van der Waals surface area (Å²) in [6.07, 6.45) is 4.20. The Bertz CT molecular complexity index is 261. The lowest BCUT2D eigenvalue weighted by Crippen LogP contribution is -2.12. The molecule has 0 bridgehead atoms. The topological polar surface area (TPSA) is 54.4 Å². The van der Waals surface area contributed by atoms with E-state index in [4.69, 9.17) is 5.11 Å². The Morgan fingerprint density at radius 2 is 2.27 bits per heavy atom. The summed E-state index contributed by atoms with van der Waals surface area (Å²) in [6.45, 7) is 1.73. The standard InChI is InChI=1S/C8H8O3/c1-5-2-3-6(8(10)11)4-7(5)9/h2-5H,1H3,(H,10,11). The van der Waals surface area contributed by atoms with Crippen LogP contribution in [0.3, 0.4) is 0 Å². The molecule has 0 spiro atoms. The molecule has 0 aliphatic heterocycles. The van der Waals surface area contributed by atoms with Crippen molar-refractivity contribution in [2.75, 3.05) is 0 Å². The van der Waals surface area contributed by atoms with Crippen LogP contribution in [0.4, 0.5) is 0 Å². The molecule has 0 aromatic heterocycles. The SMILES string of the molecule is CC1C=CC(C(=O)O)=CC1=O. The first-order valence-electron chi connectivity index (χ1n) is 3.28. The maximum Gasteiger partial charge on any atom is 0.335 e. The van der Waals surface area contributed by atoms with Crippen molar-refractivity contribution in [2.24, 2.45) is 5.92 Å². The molecule has 1 aliphatic carbocycles. The molecule has 0 fully saturated rings. The molecule has 1 unspecified atom stereocenters. The molecule has 0 radical (unpaired) electrons. The lowest BCUT2D eigenvalue weighted by molar-refractivity contribution is -0.132. The molecule has 0 heterocycles. The van der Waals surface area contributed by atoms with E-state index < -0.39 is 5.97 Å². The van der Waals surface area contributed by atoms with Gasteiger partial charge in [-0.3, -0.25) is 4.79 Å². The molecule has 0 amide bonds. The minimum atomic E-state index is -1.05. The van der Waals surface area contributed by atoms with Gasteiger partial charge in [0.15, 0.2) is 5.78 Å². The first-order chi connectivity index (χ1) is 5.11. The van der Waals surface area contributed by atoms with E-state index >= 15 is 0 Å². The molecule has 0 aromatic rings. The summed E-state index contributed by atoms with van der Waals surface area (Å²) in [7, 11) is 0. The monoisotopic (exact) mass is 152 g/mol. The van der Waals surface area contributed by atoms with E-state index in [0.717, 1.165) is 6.08 Å². The number of carbonyl (C=O) groups is 2. The largest absolute Gasteiger partial charge is 0.478 e. The second-order valence-corrected chi connectivity index (χ2v) is 2.45. The molecule has 1 N–H and O–H groups in total. The summed E-state index contributed by atoms with van der Waals surface area (Å²) >= 11 is 0. The average Bonchev–Trinajstić information content (AvgIpc) is 1.94. The van der Waals surface area contributed by atoms with E-state index in [1.165, 1.54) is 6.08 Å². The second kappa shape index (κ2) is 2.70. The fourth-order valence-corrected chi connectivity index (χ4v) is 0.809. The van der Waals surface area contributed by atoms with Crippen molar-refractivity contribution < 1.29 is 14.7 Å². The highest BCUT2D eigenvalue weighted by atomic mass is 16.4. The molecular formula is C8H8O3. The van der Waals surface area contributed by atoms with Crippen LogP contribution in [0.15, 0.2) is 23.8 Å². The van der Waals surface area contributed by atoms with Gasteiger partial charge < -0.3 is 5.11 Å². The van der Waals surface area contributed by atoms with Crippen LogP contribution in [-0.2, 0) is 9.59 Å². The van der Waals surface area contributed by atoms with E-state index in [1.807, 2.05) is 0 Å². The molecule has 3 heteroatoms. The van der Waals surface area contributed by atoms with Gasteiger partial charge in [-0.1, -0.05) is 19.1 Å². The van der Waals surface area contributed by atoms with E-state index in [0.29, 0.717) is 0 Å². The lowest BCUT2D eigenvalue weighted by Gasteiger charge is -2.06. The first-order valence-corrected chi connectivity index (χ1v) is 3.28. The zero-order valence-electron chi connectivity index (χ0n) is 6.07. The third kappa shape index (κ3) is 1.55. The molecule has 58 valence electrons. The van der Waals surface area contributed by atoms with Crippen molar-refractivity contribution in [3.05, 3.63) is 23.8 Å². The fourth-order valence-electron chi connectivity index (χ4n) is 0.809. The zero-order chi connectivity index (χ0) is 8.43. The van der Waals surface area contributed by atoms with E-state index in [9.17, 15) is 9.59 Å². The van der Waals surface area contributed by atoms with Crippen LogP contribution in [0.5, 0.6) is 0 Å². The maximum atomic E-state index is 10.9. The number of allylic oxidation sites excluding steroid dienone is 2. The van der Waals surface area contributed by atoms with Crippen LogP contribution >= 0.6 is 0 Å². The molecule has 11 heavy (non-hydrogen) atoms. The third-order valence-corrected chi connectivity index (χ3v) is 1.56. The Kier molecular flexibility index (Phi) is 1.89. The molecule has 1 rings (SSSR count). The quantitative estimate of drug-likeness (QED) is 0.603. The summed E-state index contributed by atoms with van der Waals surface area (Å²) < 4.78 is 0. The number of aliphatic carboxylic acids is 1. The number of carboxylic acid groups (broad SMARTS) is 1. The molecule has 1 aliphatic rings. The van der Waals surface area contributed by atoms with Gasteiger partial charge >= 0.3 is 5.97 Å². The van der Waals surface area contributed by atoms with Crippen molar-refractivity contribution >= 4 is 11.8 Å². The Hall–Kier alpha value is -1.38. The van der Waals surface area contributed by atoms with Crippen molar-refractivity contribution in [1.29, 1.82) is 0 Å². The van der Waals surface area contributed by atoms with Crippen LogP contribution < -0.4 is 0 Å². The summed E-state index contributed by atoms with van der Waals surface area (Å²) in [6, 6.07) is 0. The van der Waals surface area contributed by atoms with Crippen LogP contribution in [0, 0.1) is 5.92 Å². The Labute approximate surface area is 64.0 Å². The molecular weight excluding hydrogens is 144 g/mol. The Balaban J connectivity index is 2.89. The minimum absolute atomic E-state index is 0.0631. The van der Waals surface area contributed by atoms with Gasteiger partial charge in [-0.15, -0.1) is 0 Å². The molecule has 0 saturated carbocycles. The lowest BCUT2D eigenvalue weighted by atomic mass is 9.97. The van der Waals surface area contributed by atoms with Crippen molar-refractivity contribution in [1.82, 2.24) is 0 Å². The Morgan fingerprint density at radius 3 is 2.73 bits per heavy atom. The van der Waals surface area contributed by atoms with Gasteiger partial charge in [0.1, 0.15) is 0 Å². The number of hydrogen-bond donors (Lipinski definition) is 1. The highest BCUT2D eigenvalue weighted by molar-refractivity contribution is 6.03. The van der Waals surface area contributed by atoms with Gasteiger partial charge in [-0.05, 0) is 6.08 Å².